The van der Waals surface area contributed by atoms with Crippen LogP contribution in [0.2, 0.25) is 0 Å². The molecule has 0 spiro atoms. The van der Waals surface area contributed by atoms with Crippen molar-refractivity contribution in [3.8, 4) is 11.5 Å². The van der Waals surface area contributed by atoms with Crippen LogP contribution in [0.15, 0.2) is 35.6 Å². The number of halogens is 1. The SMILES string of the molecule is CCOC(=O)COc1c(I)cc(/C=N\Nc2ncccc2[N+](=O)[O-])cc1OC. The van der Waals surface area contributed by atoms with Crippen molar-refractivity contribution in [3.63, 3.8) is 0 Å². The first-order valence-corrected chi connectivity index (χ1v) is 9.08. The Kier molecular flexibility index (Phi) is 7.92. The molecular weight excluding hydrogens is 483 g/mol. The van der Waals surface area contributed by atoms with Crippen LogP contribution in [0.3, 0.4) is 0 Å². The molecular formula is C17H17IN4O6. The Morgan fingerprint density at radius 3 is 2.93 bits per heavy atom. The second-order valence-corrected chi connectivity index (χ2v) is 6.29. The summed E-state index contributed by atoms with van der Waals surface area (Å²) in [5, 5.41) is 15.0. The number of ether oxygens (including phenoxy) is 3. The third-order valence-electron chi connectivity index (χ3n) is 3.26. The molecule has 0 saturated carbocycles. The van der Waals surface area contributed by atoms with Gasteiger partial charge in [-0.15, -0.1) is 0 Å². The summed E-state index contributed by atoms with van der Waals surface area (Å²) in [5.74, 6) is 0.357. The number of anilines is 1. The van der Waals surface area contributed by atoms with Gasteiger partial charge in [0, 0.05) is 12.3 Å². The van der Waals surface area contributed by atoms with Crippen molar-refractivity contribution in [1.29, 1.82) is 0 Å². The van der Waals surface area contributed by atoms with Crippen LogP contribution in [0.4, 0.5) is 11.5 Å². The number of hydrogen-bond donors (Lipinski definition) is 1. The molecule has 0 aliphatic heterocycles. The summed E-state index contributed by atoms with van der Waals surface area (Å²) in [7, 11) is 1.47. The lowest BCUT2D eigenvalue weighted by atomic mass is 10.2. The molecule has 1 aromatic heterocycles. The fraction of sp³-hybridized carbons (Fsp3) is 0.235. The first-order chi connectivity index (χ1) is 13.5. The Morgan fingerprint density at radius 2 is 2.25 bits per heavy atom. The van der Waals surface area contributed by atoms with Crippen molar-refractivity contribution < 1.29 is 23.9 Å². The van der Waals surface area contributed by atoms with E-state index in [1.165, 1.54) is 31.7 Å². The van der Waals surface area contributed by atoms with Gasteiger partial charge in [-0.25, -0.2) is 9.78 Å². The predicted molar refractivity (Wildman–Crippen MR) is 110 cm³/mol. The van der Waals surface area contributed by atoms with Crippen molar-refractivity contribution in [2.24, 2.45) is 5.10 Å². The van der Waals surface area contributed by atoms with Gasteiger partial charge in [-0.1, -0.05) is 0 Å². The number of hydrazone groups is 1. The number of hydrogen-bond acceptors (Lipinski definition) is 9. The molecule has 1 N–H and O–H groups in total. The van der Waals surface area contributed by atoms with Crippen LogP contribution < -0.4 is 14.9 Å². The third kappa shape index (κ3) is 5.77. The summed E-state index contributed by atoms with van der Waals surface area (Å²) in [6, 6.07) is 6.20. The van der Waals surface area contributed by atoms with Crippen LogP contribution in [0.1, 0.15) is 12.5 Å². The van der Waals surface area contributed by atoms with Crippen molar-refractivity contribution in [1.82, 2.24) is 4.98 Å². The van der Waals surface area contributed by atoms with Crippen LogP contribution in [0.25, 0.3) is 0 Å². The van der Waals surface area contributed by atoms with Gasteiger partial charge < -0.3 is 14.2 Å². The molecule has 2 rings (SSSR count). The Balaban J connectivity index is 2.14. The molecule has 1 heterocycles. The number of carbonyl (C=O) groups is 1. The number of nitrogens with zero attached hydrogens (tertiary/aromatic N) is 3. The van der Waals surface area contributed by atoms with Gasteiger partial charge in [-0.05, 0) is 53.3 Å². The summed E-state index contributed by atoms with van der Waals surface area (Å²) in [6.07, 6.45) is 2.88. The first-order valence-electron chi connectivity index (χ1n) is 8.00. The molecule has 0 bridgehead atoms. The molecule has 0 aliphatic rings. The molecule has 0 amide bonds. The Hall–Kier alpha value is -2.96. The number of esters is 1. The normalized spacial score (nSPS) is 10.5. The zero-order valence-electron chi connectivity index (χ0n) is 15.0. The van der Waals surface area contributed by atoms with Gasteiger partial charge in [0.1, 0.15) is 0 Å². The summed E-state index contributed by atoms with van der Waals surface area (Å²) in [5.41, 5.74) is 3.01. The van der Waals surface area contributed by atoms with Crippen LogP contribution in [0.5, 0.6) is 11.5 Å². The van der Waals surface area contributed by atoms with E-state index in [1.807, 2.05) is 22.6 Å². The van der Waals surface area contributed by atoms with Crippen molar-refractivity contribution in [3.05, 3.63) is 49.7 Å². The molecule has 0 unspecified atom stereocenters. The average molecular weight is 500 g/mol. The second-order valence-electron chi connectivity index (χ2n) is 5.13. The summed E-state index contributed by atoms with van der Waals surface area (Å²) in [4.78, 5) is 25.8. The standard InChI is InChI=1S/C17H17IN4O6/c1-3-27-15(23)10-28-16-12(18)7-11(8-14(16)26-2)9-20-21-17-13(22(24)25)5-4-6-19-17/h4-9H,3,10H2,1-2H3,(H,19,21)/b20-9-. The molecule has 10 nitrogen and oxygen atoms in total. The molecule has 11 heteroatoms. The first kappa shape index (κ1) is 21.3. The molecule has 0 aliphatic carbocycles. The Morgan fingerprint density at radius 1 is 1.46 bits per heavy atom. The minimum absolute atomic E-state index is 0.0276. The van der Waals surface area contributed by atoms with E-state index in [0.29, 0.717) is 20.6 Å². The highest BCUT2D eigenvalue weighted by Crippen LogP contribution is 2.33. The van der Waals surface area contributed by atoms with Gasteiger partial charge in [0.2, 0.25) is 5.82 Å². The van der Waals surface area contributed by atoms with E-state index in [4.69, 9.17) is 14.2 Å². The number of rotatable bonds is 9. The highest BCUT2D eigenvalue weighted by Gasteiger charge is 2.15. The van der Waals surface area contributed by atoms with Gasteiger partial charge in [0.25, 0.3) is 0 Å². The lowest BCUT2D eigenvalue weighted by molar-refractivity contribution is -0.384. The summed E-state index contributed by atoms with van der Waals surface area (Å²) < 4.78 is 16.3. The lowest BCUT2D eigenvalue weighted by Gasteiger charge is -2.13. The topological polar surface area (TPSA) is 125 Å². The third-order valence-corrected chi connectivity index (χ3v) is 4.06. The predicted octanol–water partition coefficient (Wildman–Crippen LogP) is 2.99. The number of nitrogens with one attached hydrogen (secondary N) is 1. The van der Waals surface area contributed by atoms with E-state index in [-0.39, 0.29) is 24.7 Å². The fourth-order valence-electron chi connectivity index (χ4n) is 2.09. The molecule has 0 radical (unpaired) electrons. The molecule has 2 aromatic rings. The summed E-state index contributed by atoms with van der Waals surface area (Å²) in [6.45, 7) is 1.75. The zero-order valence-corrected chi connectivity index (χ0v) is 17.2. The highest BCUT2D eigenvalue weighted by atomic mass is 127. The van der Waals surface area contributed by atoms with Crippen molar-refractivity contribution in [2.75, 3.05) is 25.7 Å². The van der Waals surface area contributed by atoms with Gasteiger partial charge in [-0.3, -0.25) is 15.5 Å². The highest BCUT2D eigenvalue weighted by molar-refractivity contribution is 14.1. The van der Waals surface area contributed by atoms with E-state index >= 15 is 0 Å². The number of methoxy groups -OCH3 is 1. The molecule has 0 saturated heterocycles. The van der Waals surface area contributed by atoms with Crippen LogP contribution in [-0.2, 0) is 9.53 Å². The van der Waals surface area contributed by atoms with E-state index in [9.17, 15) is 14.9 Å². The maximum Gasteiger partial charge on any atom is 0.344 e. The molecule has 0 atom stereocenters. The van der Waals surface area contributed by atoms with Gasteiger partial charge in [-0.2, -0.15) is 5.10 Å². The van der Waals surface area contributed by atoms with Crippen LogP contribution >= 0.6 is 22.6 Å². The van der Waals surface area contributed by atoms with Crippen LogP contribution in [0, 0.1) is 13.7 Å². The minimum atomic E-state index is -0.549. The van der Waals surface area contributed by atoms with Gasteiger partial charge in [0.15, 0.2) is 18.1 Å². The number of pyridine rings is 1. The summed E-state index contributed by atoms with van der Waals surface area (Å²) >= 11 is 2.04. The molecule has 1 aromatic carbocycles. The minimum Gasteiger partial charge on any atom is -0.493 e. The lowest BCUT2D eigenvalue weighted by Crippen LogP contribution is -2.15. The maximum absolute atomic E-state index is 11.5. The quantitative estimate of drug-likeness (QED) is 0.183. The van der Waals surface area contributed by atoms with Crippen molar-refractivity contribution >= 4 is 46.3 Å². The maximum atomic E-state index is 11.5. The number of benzene rings is 1. The largest absolute Gasteiger partial charge is 0.493 e. The molecule has 148 valence electrons. The van der Waals surface area contributed by atoms with E-state index in [0.717, 1.165) is 0 Å². The second kappa shape index (κ2) is 10.4. The Bertz CT molecular complexity index is 890. The number of aromatic nitrogens is 1. The molecule has 0 fully saturated rings. The van der Waals surface area contributed by atoms with E-state index in [2.05, 4.69) is 15.5 Å². The average Bonchev–Trinajstić information content (AvgIpc) is 2.67. The Labute approximate surface area is 174 Å². The molecule has 28 heavy (non-hydrogen) atoms. The number of carbonyl (C=O) groups excluding carboxylic acids is 1. The van der Waals surface area contributed by atoms with E-state index in [1.54, 1.807) is 19.1 Å². The van der Waals surface area contributed by atoms with Crippen LogP contribution in [-0.4, -0.2) is 42.4 Å². The smallest absolute Gasteiger partial charge is 0.344 e. The van der Waals surface area contributed by atoms with E-state index < -0.39 is 10.9 Å². The monoisotopic (exact) mass is 500 g/mol. The fourth-order valence-corrected chi connectivity index (χ4v) is 2.87. The number of nitro groups is 1. The van der Waals surface area contributed by atoms with Gasteiger partial charge in [0.05, 0.1) is 28.4 Å². The van der Waals surface area contributed by atoms with Gasteiger partial charge >= 0.3 is 11.7 Å². The van der Waals surface area contributed by atoms with Crippen molar-refractivity contribution in [2.45, 2.75) is 6.92 Å². The zero-order chi connectivity index (χ0) is 20.5.